The SMILES string of the molecule is [2H]c1nn(-c2nnc(Br)c([2H])c2[2H])c([2H])c1[2H]. The van der Waals surface area contributed by atoms with Crippen molar-refractivity contribution in [2.45, 2.75) is 0 Å². The van der Waals surface area contributed by atoms with Gasteiger partial charge in [0.15, 0.2) is 5.82 Å². The van der Waals surface area contributed by atoms with E-state index < -0.39 is 0 Å². The highest BCUT2D eigenvalue weighted by Crippen LogP contribution is 2.05. The lowest BCUT2D eigenvalue weighted by atomic mass is 10.5. The van der Waals surface area contributed by atoms with Gasteiger partial charge in [-0.2, -0.15) is 5.10 Å². The Kier molecular flexibility index (Phi) is 0.920. The van der Waals surface area contributed by atoms with Crippen LogP contribution in [0.5, 0.6) is 0 Å². The minimum atomic E-state index is -0.384. The van der Waals surface area contributed by atoms with Gasteiger partial charge in [0.05, 0.1) is 6.85 Å². The van der Waals surface area contributed by atoms with Gasteiger partial charge in [-0.25, -0.2) is 4.68 Å². The number of hydrogen-bond donors (Lipinski definition) is 0. The fraction of sp³-hybridized carbons (Fsp3) is 0. The van der Waals surface area contributed by atoms with Crippen LogP contribution < -0.4 is 0 Å². The zero-order valence-electron chi connectivity index (χ0n) is 10.7. The molecule has 0 spiro atoms. The van der Waals surface area contributed by atoms with Crippen molar-refractivity contribution in [1.82, 2.24) is 20.0 Å². The lowest BCUT2D eigenvalue weighted by Gasteiger charge is -1.96. The standard InChI is InChI=1S/C7H5BrN4/c8-6-2-3-7(11-10-6)12-5-1-4-9-12/h1-5H/i1D,2D,3D,4D,5D. The summed E-state index contributed by atoms with van der Waals surface area (Å²) in [5.41, 5.74) is 0. The molecule has 0 bridgehead atoms. The van der Waals surface area contributed by atoms with Crippen molar-refractivity contribution < 1.29 is 6.85 Å². The topological polar surface area (TPSA) is 43.6 Å². The summed E-state index contributed by atoms with van der Waals surface area (Å²) in [6, 6.07) is -0.827. The molecule has 0 unspecified atom stereocenters. The third-order valence-electron chi connectivity index (χ3n) is 1.08. The van der Waals surface area contributed by atoms with Crippen molar-refractivity contribution in [1.29, 1.82) is 0 Å². The summed E-state index contributed by atoms with van der Waals surface area (Å²) in [6.07, 6.45) is -0.745. The minimum absolute atomic E-state index is 0.113. The van der Waals surface area contributed by atoms with Crippen molar-refractivity contribution in [2.75, 3.05) is 0 Å². The van der Waals surface area contributed by atoms with Gasteiger partial charge in [-0.3, -0.25) is 0 Å². The van der Waals surface area contributed by atoms with Crippen LogP contribution in [0.25, 0.3) is 5.82 Å². The molecule has 0 amide bonds. The van der Waals surface area contributed by atoms with Crippen LogP contribution in [0.2, 0.25) is 0 Å². The molecule has 0 fully saturated rings. The molecule has 12 heavy (non-hydrogen) atoms. The molecule has 0 saturated carbocycles. The lowest BCUT2D eigenvalue weighted by molar-refractivity contribution is 0.809. The minimum Gasteiger partial charge on any atom is -0.221 e. The van der Waals surface area contributed by atoms with E-state index in [1.807, 2.05) is 0 Å². The molecule has 0 aliphatic carbocycles. The van der Waals surface area contributed by atoms with Crippen LogP contribution in [0.4, 0.5) is 0 Å². The smallest absolute Gasteiger partial charge is 0.175 e. The normalized spacial score (nSPS) is 15.9. The average molecular weight is 230 g/mol. The maximum absolute atomic E-state index is 7.66. The van der Waals surface area contributed by atoms with E-state index >= 15 is 0 Å². The second-order valence-corrected chi connectivity index (χ2v) is 2.58. The first-order chi connectivity index (χ1) is 7.93. The van der Waals surface area contributed by atoms with Crippen LogP contribution in [-0.4, -0.2) is 20.0 Å². The molecule has 2 aromatic rings. The summed E-state index contributed by atoms with van der Waals surface area (Å²) < 4.78 is 38.4. The van der Waals surface area contributed by atoms with Gasteiger partial charge >= 0.3 is 0 Å². The van der Waals surface area contributed by atoms with Crippen molar-refractivity contribution in [3.63, 3.8) is 0 Å². The summed E-state index contributed by atoms with van der Waals surface area (Å²) in [7, 11) is 0. The van der Waals surface area contributed by atoms with Gasteiger partial charge in [0.25, 0.3) is 0 Å². The number of aromatic nitrogens is 4. The van der Waals surface area contributed by atoms with Crippen molar-refractivity contribution in [2.24, 2.45) is 0 Å². The van der Waals surface area contributed by atoms with Gasteiger partial charge in [0.2, 0.25) is 0 Å². The highest BCUT2D eigenvalue weighted by Gasteiger charge is 1.96. The first kappa shape index (κ1) is 3.66. The summed E-state index contributed by atoms with van der Waals surface area (Å²) in [5, 5.41) is 10.8. The highest BCUT2D eigenvalue weighted by molar-refractivity contribution is 9.10. The van der Waals surface area contributed by atoms with E-state index in [0.29, 0.717) is 0 Å². The van der Waals surface area contributed by atoms with E-state index in [9.17, 15) is 0 Å². The Morgan fingerprint density at radius 3 is 3.08 bits per heavy atom. The molecule has 0 saturated heterocycles. The predicted molar refractivity (Wildman–Crippen MR) is 46.9 cm³/mol. The molecule has 5 heteroatoms. The van der Waals surface area contributed by atoms with E-state index in [-0.39, 0.29) is 40.9 Å². The molecule has 4 nitrogen and oxygen atoms in total. The van der Waals surface area contributed by atoms with Crippen LogP contribution in [-0.2, 0) is 0 Å². The van der Waals surface area contributed by atoms with E-state index in [2.05, 4.69) is 31.2 Å². The third kappa shape index (κ3) is 1.35. The molecule has 60 valence electrons. The first-order valence-corrected chi connectivity index (χ1v) is 3.75. The average Bonchev–Trinajstić information content (AvgIpc) is 2.54. The quantitative estimate of drug-likeness (QED) is 0.744. The largest absolute Gasteiger partial charge is 0.221 e. The molecule has 2 rings (SSSR count). The van der Waals surface area contributed by atoms with Crippen molar-refractivity contribution >= 4 is 15.9 Å². The summed E-state index contributed by atoms with van der Waals surface area (Å²) in [6.45, 7) is 0. The van der Waals surface area contributed by atoms with Gasteiger partial charge in [0, 0.05) is 12.3 Å². The highest BCUT2D eigenvalue weighted by atomic mass is 79.9. The Morgan fingerprint density at radius 2 is 2.33 bits per heavy atom. The molecule has 0 aliphatic rings. The first-order valence-electron chi connectivity index (χ1n) is 5.46. The van der Waals surface area contributed by atoms with Crippen LogP contribution in [0.1, 0.15) is 6.85 Å². The monoisotopic (exact) mass is 229 g/mol. The molecule has 0 N–H and O–H groups in total. The third-order valence-corrected chi connectivity index (χ3v) is 1.44. The van der Waals surface area contributed by atoms with Gasteiger partial charge in [-0.05, 0) is 34.1 Å². The number of halogens is 1. The molecule has 0 aliphatic heterocycles. The zero-order valence-corrected chi connectivity index (χ0v) is 7.25. The van der Waals surface area contributed by atoms with E-state index in [4.69, 9.17) is 6.85 Å². The number of hydrogen-bond acceptors (Lipinski definition) is 3. The molecule has 2 heterocycles. The van der Waals surface area contributed by atoms with E-state index in [1.165, 1.54) is 0 Å². The maximum atomic E-state index is 7.66. The number of rotatable bonds is 1. The van der Waals surface area contributed by atoms with Crippen LogP contribution in [0.15, 0.2) is 35.1 Å². The Bertz CT molecular complexity index is 598. The second-order valence-electron chi connectivity index (χ2n) is 1.82. The Hall–Kier alpha value is -1.23. The summed E-state index contributed by atoms with van der Waals surface area (Å²) >= 11 is 2.96. The maximum Gasteiger partial charge on any atom is 0.175 e. The lowest BCUT2D eigenvalue weighted by Crippen LogP contribution is -1.98. The molecular formula is C7H5BrN4. The van der Waals surface area contributed by atoms with Gasteiger partial charge in [0.1, 0.15) is 4.60 Å². The fourth-order valence-corrected chi connectivity index (χ4v) is 0.801. The Labute approximate surface area is 84.4 Å². The van der Waals surface area contributed by atoms with E-state index in [0.717, 1.165) is 4.68 Å². The van der Waals surface area contributed by atoms with E-state index in [1.54, 1.807) is 0 Å². The summed E-state index contributed by atoms with van der Waals surface area (Å²) in [4.78, 5) is 0. The summed E-state index contributed by atoms with van der Waals surface area (Å²) in [5.74, 6) is -0.143. The Morgan fingerprint density at radius 1 is 1.42 bits per heavy atom. The molecule has 0 radical (unpaired) electrons. The molecule has 0 aromatic carbocycles. The van der Waals surface area contributed by atoms with Crippen LogP contribution in [0.3, 0.4) is 0 Å². The van der Waals surface area contributed by atoms with Crippen molar-refractivity contribution in [3.8, 4) is 5.82 Å². The molecule has 0 atom stereocenters. The van der Waals surface area contributed by atoms with Gasteiger partial charge < -0.3 is 0 Å². The van der Waals surface area contributed by atoms with Gasteiger partial charge in [-0.1, -0.05) is 0 Å². The number of nitrogens with zero attached hydrogens (tertiary/aromatic N) is 4. The zero-order chi connectivity index (χ0) is 12.7. The second kappa shape index (κ2) is 3.02. The molecular weight excluding hydrogens is 220 g/mol. The van der Waals surface area contributed by atoms with Gasteiger partial charge in [-0.15, -0.1) is 10.2 Å². The Balaban J connectivity index is 2.69. The van der Waals surface area contributed by atoms with Crippen LogP contribution >= 0.6 is 15.9 Å². The van der Waals surface area contributed by atoms with Crippen LogP contribution in [0, 0.1) is 0 Å². The van der Waals surface area contributed by atoms with Crippen molar-refractivity contribution in [3.05, 3.63) is 35.1 Å². The fourth-order valence-electron chi connectivity index (χ4n) is 0.622. The predicted octanol–water partition coefficient (Wildman–Crippen LogP) is 1.42. The molecule has 2 aromatic heterocycles.